The van der Waals surface area contributed by atoms with E-state index < -0.39 is 9.84 Å². The number of aromatic amines is 1. The quantitative estimate of drug-likeness (QED) is 0.267. The molecule has 0 saturated heterocycles. The summed E-state index contributed by atoms with van der Waals surface area (Å²) >= 11 is 0. The maximum absolute atomic E-state index is 13.0. The van der Waals surface area contributed by atoms with Gasteiger partial charge in [-0.15, -0.1) is 0 Å². The van der Waals surface area contributed by atoms with Gasteiger partial charge in [0.2, 0.25) is 9.84 Å². The number of aryl methyl sites for hydroxylation is 1. The number of anilines is 3. The fourth-order valence-electron chi connectivity index (χ4n) is 3.14. The summed E-state index contributed by atoms with van der Waals surface area (Å²) in [6, 6.07) is 11.4. The van der Waals surface area contributed by atoms with Crippen molar-refractivity contribution >= 4 is 44.3 Å². The first-order chi connectivity index (χ1) is 14.8. The Kier molecular flexibility index (Phi) is 5.07. The van der Waals surface area contributed by atoms with Gasteiger partial charge >= 0.3 is 0 Å². The van der Waals surface area contributed by atoms with Crippen molar-refractivity contribution in [1.29, 1.82) is 5.41 Å². The highest BCUT2D eigenvalue weighted by atomic mass is 32.2. The molecule has 0 saturated carbocycles. The summed E-state index contributed by atoms with van der Waals surface area (Å²) in [6.45, 7) is 1.89. The van der Waals surface area contributed by atoms with E-state index >= 15 is 0 Å². The monoisotopic (exact) mass is 436 g/mol. The molecule has 4 rings (SSSR count). The number of ether oxygens (including phenoxy) is 1. The van der Waals surface area contributed by atoms with E-state index in [9.17, 15) is 8.42 Å². The Morgan fingerprint density at radius 1 is 1.16 bits per heavy atom. The second kappa shape index (κ2) is 7.73. The normalized spacial score (nSPS) is 11.4. The predicted octanol–water partition coefficient (Wildman–Crippen LogP) is 3.43. The third-order valence-corrected chi connectivity index (χ3v) is 6.53. The van der Waals surface area contributed by atoms with Crippen molar-refractivity contribution in [1.82, 2.24) is 15.0 Å². The zero-order valence-electron chi connectivity index (χ0n) is 16.8. The van der Waals surface area contributed by atoms with Crippen molar-refractivity contribution in [2.75, 3.05) is 18.2 Å². The van der Waals surface area contributed by atoms with E-state index in [1.807, 2.05) is 6.92 Å². The number of H-pyrrole nitrogens is 1. The Morgan fingerprint density at radius 3 is 2.58 bits per heavy atom. The third kappa shape index (κ3) is 3.68. The number of hydrogen-bond donors (Lipinski definition) is 4. The number of nitrogens with one attached hydrogen (secondary N) is 3. The molecule has 31 heavy (non-hydrogen) atoms. The lowest BCUT2D eigenvalue weighted by atomic mass is 10.1. The average Bonchev–Trinajstić information content (AvgIpc) is 3.21. The second-order valence-electron chi connectivity index (χ2n) is 6.89. The molecule has 0 spiro atoms. The Balaban J connectivity index is 1.79. The number of methoxy groups -OCH3 is 1. The third-order valence-electron chi connectivity index (χ3n) is 4.84. The van der Waals surface area contributed by atoms with Gasteiger partial charge in [0.05, 0.1) is 23.1 Å². The Bertz CT molecular complexity index is 1390. The highest BCUT2D eigenvalue weighted by Gasteiger charge is 2.22. The van der Waals surface area contributed by atoms with Crippen LogP contribution in [0.3, 0.4) is 0 Å². The van der Waals surface area contributed by atoms with Gasteiger partial charge in [-0.25, -0.2) is 18.4 Å². The van der Waals surface area contributed by atoms with Crippen molar-refractivity contribution in [3.8, 4) is 5.75 Å². The fraction of sp³-hybridized carbons (Fsp3) is 0.0952. The minimum Gasteiger partial charge on any atom is -0.494 e. The molecular formula is C21H20N6O3S. The summed E-state index contributed by atoms with van der Waals surface area (Å²) < 4.78 is 31.5. The van der Waals surface area contributed by atoms with E-state index in [0.717, 1.165) is 11.8 Å². The summed E-state index contributed by atoms with van der Waals surface area (Å²) in [5.41, 5.74) is 8.69. The molecule has 5 N–H and O–H groups in total. The summed E-state index contributed by atoms with van der Waals surface area (Å²) in [5.74, 6) is 0.837. The molecule has 2 aromatic heterocycles. The highest BCUT2D eigenvalue weighted by molar-refractivity contribution is 7.91. The number of benzene rings is 2. The maximum atomic E-state index is 13.0. The molecule has 0 aliphatic carbocycles. The number of sulfone groups is 1. The van der Waals surface area contributed by atoms with E-state index in [4.69, 9.17) is 15.9 Å². The zero-order chi connectivity index (χ0) is 22.2. The SMILES string of the molecule is COc1cc(N)c(C=N)cc1Nc1ncnc2[nH]c(S(=O)(=O)c3ccc(C)cc3)cc12. The number of rotatable bonds is 6. The molecule has 9 nitrogen and oxygen atoms in total. The maximum Gasteiger partial charge on any atom is 0.221 e. The van der Waals surface area contributed by atoms with Crippen molar-refractivity contribution in [2.45, 2.75) is 16.8 Å². The topological polar surface area (TPSA) is 147 Å². The minimum atomic E-state index is -3.76. The van der Waals surface area contributed by atoms with E-state index in [-0.39, 0.29) is 9.92 Å². The van der Waals surface area contributed by atoms with Gasteiger partial charge in [-0.1, -0.05) is 17.7 Å². The molecule has 0 bridgehead atoms. The summed E-state index contributed by atoms with van der Waals surface area (Å²) in [6.07, 6.45) is 2.46. The van der Waals surface area contributed by atoms with Gasteiger partial charge < -0.3 is 26.2 Å². The number of nitrogen functional groups attached to an aromatic ring is 1. The van der Waals surface area contributed by atoms with Gasteiger partial charge in [-0.2, -0.15) is 0 Å². The molecule has 10 heteroatoms. The molecular weight excluding hydrogens is 416 g/mol. The number of nitrogens with zero attached hydrogens (tertiary/aromatic N) is 2. The van der Waals surface area contributed by atoms with Crippen LogP contribution in [0.2, 0.25) is 0 Å². The minimum absolute atomic E-state index is 0.0133. The number of nitrogens with two attached hydrogens (primary N) is 1. The molecule has 0 fully saturated rings. The van der Waals surface area contributed by atoms with Crippen LogP contribution in [-0.4, -0.2) is 36.7 Å². The van der Waals surface area contributed by atoms with E-state index in [1.165, 1.54) is 19.5 Å². The highest BCUT2D eigenvalue weighted by Crippen LogP contribution is 2.34. The van der Waals surface area contributed by atoms with Gasteiger partial charge in [0, 0.05) is 23.5 Å². The number of hydrogen-bond acceptors (Lipinski definition) is 8. The van der Waals surface area contributed by atoms with Gasteiger partial charge in [0.15, 0.2) is 0 Å². The van der Waals surface area contributed by atoms with Crippen LogP contribution in [-0.2, 0) is 9.84 Å². The lowest BCUT2D eigenvalue weighted by Gasteiger charge is -2.13. The van der Waals surface area contributed by atoms with E-state index in [2.05, 4.69) is 20.3 Å². The van der Waals surface area contributed by atoms with Gasteiger partial charge in [0.1, 0.15) is 28.6 Å². The standard InChI is InChI=1S/C21H20N6O3S/c1-12-3-5-14(6-4-12)31(28,29)19-8-15-20(24-11-25-21(15)27-19)26-17-7-13(10-22)16(23)9-18(17)30-2/h3-11,22H,23H2,1-2H3,(H2,24,25,26,27). The number of fused-ring (bicyclic) bond motifs is 1. The van der Waals surface area contributed by atoms with Crippen LogP contribution in [0.5, 0.6) is 5.75 Å². The van der Waals surface area contributed by atoms with Crippen LogP contribution >= 0.6 is 0 Å². The summed E-state index contributed by atoms with van der Waals surface area (Å²) in [4.78, 5) is 11.5. The van der Waals surface area contributed by atoms with Gasteiger partial charge in [0.25, 0.3) is 0 Å². The van der Waals surface area contributed by atoms with Crippen LogP contribution in [0.1, 0.15) is 11.1 Å². The molecule has 2 heterocycles. The van der Waals surface area contributed by atoms with Crippen LogP contribution in [0.15, 0.2) is 58.7 Å². The smallest absolute Gasteiger partial charge is 0.221 e. The molecule has 0 atom stereocenters. The zero-order valence-corrected chi connectivity index (χ0v) is 17.6. The van der Waals surface area contributed by atoms with Gasteiger partial charge in [-0.3, -0.25) is 0 Å². The number of aromatic nitrogens is 3. The molecule has 4 aromatic rings. The summed E-state index contributed by atoms with van der Waals surface area (Å²) in [5, 5.41) is 11.1. The first-order valence-corrected chi connectivity index (χ1v) is 10.7. The Hall–Kier alpha value is -3.92. The predicted molar refractivity (Wildman–Crippen MR) is 119 cm³/mol. The molecule has 0 aliphatic rings. The Labute approximate surface area is 178 Å². The average molecular weight is 436 g/mol. The molecule has 2 aromatic carbocycles. The lowest BCUT2D eigenvalue weighted by molar-refractivity contribution is 0.417. The molecule has 0 amide bonds. The van der Waals surface area contributed by atoms with Crippen LogP contribution in [0, 0.1) is 12.3 Å². The van der Waals surface area contributed by atoms with E-state index in [0.29, 0.717) is 39.5 Å². The fourth-order valence-corrected chi connectivity index (χ4v) is 4.39. The first kappa shape index (κ1) is 20.4. The second-order valence-corrected chi connectivity index (χ2v) is 8.80. The Morgan fingerprint density at radius 2 is 1.90 bits per heavy atom. The van der Waals surface area contributed by atoms with Crippen LogP contribution < -0.4 is 15.8 Å². The van der Waals surface area contributed by atoms with Crippen LogP contribution in [0.25, 0.3) is 11.0 Å². The van der Waals surface area contributed by atoms with Gasteiger partial charge in [-0.05, 0) is 31.2 Å². The van der Waals surface area contributed by atoms with Crippen LogP contribution in [0.4, 0.5) is 17.2 Å². The first-order valence-electron chi connectivity index (χ1n) is 9.24. The van der Waals surface area contributed by atoms with Crippen molar-refractivity contribution in [2.24, 2.45) is 0 Å². The molecule has 0 unspecified atom stereocenters. The van der Waals surface area contributed by atoms with Crippen molar-refractivity contribution < 1.29 is 13.2 Å². The van der Waals surface area contributed by atoms with Crippen molar-refractivity contribution in [3.63, 3.8) is 0 Å². The molecule has 158 valence electrons. The molecule has 0 radical (unpaired) electrons. The van der Waals surface area contributed by atoms with Crippen molar-refractivity contribution in [3.05, 3.63) is 59.9 Å². The summed E-state index contributed by atoms with van der Waals surface area (Å²) in [7, 11) is -2.26. The van der Waals surface area contributed by atoms with E-state index in [1.54, 1.807) is 36.4 Å². The molecule has 0 aliphatic heterocycles. The largest absolute Gasteiger partial charge is 0.494 e. The lowest BCUT2D eigenvalue weighted by Crippen LogP contribution is -2.02.